The highest BCUT2D eigenvalue weighted by Crippen LogP contribution is 2.39. The number of likely N-dealkylation sites (N-methyl/N-ethyl adjacent to an activating group) is 1. The normalized spacial score (nSPS) is 11.7. The van der Waals surface area contributed by atoms with Gasteiger partial charge in [-0.3, -0.25) is 4.79 Å². The standard InChI is InChI=1S/C25H29ClN2O2/c1-25(2,3)16-21(29)23-22(17-9-7-6-8-10-17)19-15-18(26)11-12-20(19)27-24(23)28(4)13-14-30-5/h6-12,15H,13-14,16H2,1-5H3. The molecule has 0 fully saturated rings. The summed E-state index contributed by atoms with van der Waals surface area (Å²) in [6.07, 6.45) is 0.422. The molecule has 1 aromatic heterocycles. The molecule has 0 unspecified atom stereocenters. The van der Waals surface area contributed by atoms with E-state index in [0.29, 0.717) is 36.0 Å². The molecule has 0 aliphatic heterocycles. The van der Waals surface area contributed by atoms with Gasteiger partial charge in [-0.1, -0.05) is 62.7 Å². The van der Waals surface area contributed by atoms with Crippen molar-refractivity contribution in [2.45, 2.75) is 27.2 Å². The van der Waals surface area contributed by atoms with Gasteiger partial charge >= 0.3 is 0 Å². The van der Waals surface area contributed by atoms with Gasteiger partial charge in [-0.05, 0) is 29.2 Å². The van der Waals surface area contributed by atoms with Gasteiger partial charge in [0.1, 0.15) is 5.82 Å². The van der Waals surface area contributed by atoms with Crippen LogP contribution in [0.5, 0.6) is 0 Å². The van der Waals surface area contributed by atoms with Crippen molar-refractivity contribution in [1.29, 1.82) is 0 Å². The van der Waals surface area contributed by atoms with Crippen LogP contribution in [0, 0.1) is 5.41 Å². The number of carbonyl (C=O) groups excluding carboxylic acids is 1. The molecule has 4 nitrogen and oxygen atoms in total. The van der Waals surface area contributed by atoms with Crippen molar-refractivity contribution in [2.24, 2.45) is 5.41 Å². The zero-order valence-corrected chi connectivity index (χ0v) is 19.1. The fraction of sp³-hybridized carbons (Fsp3) is 0.360. The molecule has 0 atom stereocenters. The Kier molecular flexibility index (Phi) is 6.79. The Morgan fingerprint density at radius 2 is 1.83 bits per heavy atom. The topological polar surface area (TPSA) is 42.4 Å². The third-order valence-corrected chi connectivity index (χ3v) is 5.19. The number of Topliss-reactive ketones (excluding diaryl/α,β-unsaturated/α-hetero) is 1. The van der Waals surface area contributed by atoms with Crippen LogP contribution >= 0.6 is 11.6 Å². The molecule has 0 saturated carbocycles. The second-order valence-electron chi connectivity index (χ2n) is 8.79. The Hall–Kier alpha value is -2.43. The van der Waals surface area contributed by atoms with Gasteiger partial charge in [0.2, 0.25) is 0 Å². The first-order valence-corrected chi connectivity index (χ1v) is 10.5. The maximum Gasteiger partial charge on any atom is 0.167 e. The van der Waals surface area contributed by atoms with Gasteiger partial charge < -0.3 is 9.64 Å². The van der Waals surface area contributed by atoms with E-state index in [9.17, 15) is 4.79 Å². The van der Waals surface area contributed by atoms with Crippen LogP contribution in [-0.4, -0.2) is 38.1 Å². The van der Waals surface area contributed by atoms with Gasteiger partial charge in [0.05, 0.1) is 17.7 Å². The molecule has 0 amide bonds. The number of methoxy groups -OCH3 is 1. The first-order chi connectivity index (χ1) is 14.2. The van der Waals surface area contributed by atoms with Gasteiger partial charge in [-0.2, -0.15) is 0 Å². The lowest BCUT2D eigenvalue weighted by atomic mass is 9.84. The molecule has 158 valence electrons. The summed E-state index contributed by atoms with van der Waals surface area (Å²) in [7, 11) is 3.62. The zero-order valence-electron chi connectivity index (χ0n) is 18.3. The summed E-state index contributed by atoms with van der Waals surface area (Å²) < 4.78 is 5.26. The second kappa shape index (κ2) is 9.15. The molecule has 1 heterocycles. The Morgan fingerprint density at radius 1 is 1.13 bits per heavy atom. The number of hydrogen-bond acceptors (Lipinski definition) is 4. The lowest BCUT2D eigenvalue weighted by Crippen LogP contribution is -2.26. The molecule has 0 aliphatic rings. The monoisotopic (exact) mass is 424 g/mol. The third-order valence-electron chi connectivity index (χ3n) is 4.95. The quantitative estimate of drug-likeness (QED) is 0.420. The van der Waals surface area contributed by atoms with Gasteiger partial charge in [-0.25, -0.2) is 4.98 Å². The maximum absolute atomic E-state index is 13.7. The van der Waals surface area contributed by atoms with Crippen LogP contribution in [0.15, 0.2) is 48.5 Å². The molecule has 0 spiro atoms. The minimum Gasteiger partial charge on any atom is -0.383 e. The van der Waals surface area contributed by atoms with Crippen molar-refractivity contribution in [3.8, 4) is 11.1 Å². The number of ketones is 1. The van der Waals surface area contributed by atoms with E-state index in [2.05, 4.69) is 20.8 Å². The van der Waals surface area contributed by atoms with Crippen molar-refractivity contribution in [3.05, 3.63) is 59.1 Å². The van der Waals surface area contributed by atoms with Crippen LogP contribution < -0.4 is 4.90 Å². The van der Waals surface area contributed by atoms with E-state index in [4.69, 9.17) is 21.3 Å². The van der Waals surface area contributed by atoms with Crippen LogP contribution in [0.4, 0.5) is 5.82 Å². The van der Waals surface area contributed by atoms with Crippen molar-refractivity contribution in [1.82, 2.24) is 4.98 Å². The van der Waals surface area contributed by atoms with Crippen molar-refractivity contribution < 1.29 is 9.53 Å². The molecule has 5 heteroatoms. The second-order valence-corrected chi connectivity index (χ2v) is 9.22. The lowest BCUT2D eigenvalue weighted by molar-refractivity contribution is 0.0940. The minimum absolute atomic E-state index is 0.0787. The Labute approximate surface area is 183 Å². The number of fused-ring (bicyclic) bond motifs is 1. The number of halogens is 1. The first kappa shape index (κ1) is 22.3. The van der Waals surface area contributed by atoms with Crippen molar-refractivity contribution in [3.63, 3.8) is 0 Å². The lowest BCUT2D eigenvalue weighted by Gasteiger charge is -2.26. The van der Waals surface area contributed by atoms with E-state index in [1.807, 2.05) is 60.5 Å². The number of benzene rings is 2. The van der Waals surface area contributed by atoms with E-state index in [-0.39, 0.29) is 11.2 Å². The van der Waals surface area contributed by atoms with Gasteiger partial charge in [0, 0.05) is 43.1 Å². The average molecular weight is 425 g/mol. The largest absolute Gasteiger partial charge is 0.383 e. The molecule has 0 N–H and O–H groups in total. The van der Waals surface area contributed by atoms with Crippen LogP contribution in [0.3, 0.4) is 0 Å². The highest BCUT2D eigenvalue weighted by Gasteiger charge is 2.27. The van der Waals surface area contributed by atoms with Gasteiger partial charge in [0.15, 0.2) is 5.78 Å². The molecule has 0 bridgehead atoms. The molecule has 3 rings (SSSR count). The number of anilines is 1. The zero-order chi connectivity index (χ0) is 21.9. The summed E-state index contributed by atoms with van der Waals surface area (Å²) >= 11 is 6.35. The van der Waals surface area contributed by atoms with Crippen LogP contribution in [0.2, 0.25) is 5.02 Å². The van der Waals surface area contributed by atoms with E-state index >= 15 is 0 Å². The third kappa shape index (κ3) is 5.00. The molecule has 3 aromatic rings. The Bertz CT molecular complexity index is 1040. The fourth-order valence-corrected chi connectivity index (χ4v) is 3.74. The molecule has 0 saturated heterocycles. The molecule has 2 aromatic carbocycles. The average Bonchev–Trinajstić information content (AvgIpc) is 2.70. The molecule has 0 radical (unpaired) electrons. The van der Waals surface area contributed by atoms with Crippen LogP contribution in [-0.2, 0) is 4.74 Å². The van der Waals surface area contributed by atoms with Crippen molar-refractivity contribution >= 4 is 34.1 Å². The molecule has 0 aliphatic carbocycles. The van der Waals surface area contributed by atoms with Crippen LogP contribution in [0.1, 0.15) is 37.6 Å². The number of ether oxygens (including phenoxy) is 1. The highest BCUT2D eigenvalue weighted by atomic mass is 35.5. The molecular weight excluding hydrogens is 396 g/mol. The van der Waals surface area contributed by atoms with E-state index in [1.165, 1.54) is 0 Å². The number of nitrogens with zero attached hydrogens (tertiary/aromatic N) is 2. The number of pyridine rings is 1. The molecular formula is C25H29ClN2O2. The fourth-order valence-electron chi connectivity index (χ4n) is 3.57. The SMILES string of the molecule is COCCN(C)c1nc2ccc(Cl)cc2c(-c2ccccc2)c1C(=O)CC(C)(C)C. The maximum atomic E-state index is 13.7. The van der Waals surface area contributed by atoms with E-state index in [1.54, 1.807) is 7.11 Å². The highest BCUT2D eigenvalue weighted by molar-refractivity contribution is 6.31. The van der Waals surface area contributed by atoms with Gasteiger partial charge in [0.25, 0.3) is 0 Å². The first-order valence-electron chi connectivity index (χ1n) is 10.1. The smallest absolute Gasteiger partial charge is 0.167 e. The summed E-state index contributed by atoms with van der Waals surface area (Å²) in [6.45, 7) is 7.41. The Morgan fingerprint density at radius 3 is 2.47 bits per heavy atom. The Balaban J connectivity index is 2.37. The van der Waals surface area contributed by atoms with Crippen LogP contribution in [0.25, 0.3) is 22.0 Å². The summed E-state index contributed by atoms with van der Waals surface area (Å²) in [5.41, 5.74) is 3.17. The van der Waals surface area contributed by atoms with Crippen molar-refractivity contribution in [2.75, 3.05) is 32.2 Å². The number of rotatable bonds is 7. The summed E-state index contributed by atoms with van der Waals surface area (Å²) in [5.74, 6) is 0.755. The number of carbonyl (C=O) groups is 1. The molecule has 30 heavy (non-hydrogen) atoms. The van der Waals surface area contributed by atoms with E-state index in [0.717, 1.165) is 22.0 Å². The predicted octanol–water partition coefficient (Wildman–Crippen LogP) is 6.26. The summed E-state index contributed by atoms with van der Waals surface area (Å²) in [4.78, 5) is 20.5. The minimum atomic E-state index is -0.142. The van der Waals surface area contributed by atoms with Gasteiger partial charge in [-0.15, -0.1) is 0 Å². The summed E-state index contributed by atoms with van der Waals surface area (Å²) in [6, 6.07) is 15.7. The summed E-state index contributed by atoms with van der Waals surface area (Å²) in [5, 5.41) is 1.51. The van der Waals surface area contributed by atoms with E-state index < -0.39 is 0 Å². The predicted molar refractivity (Wildman–Crippen MR) is 126 cm³/mol. The number of hydrogen-bond donors (Lipinski definition) is 0. The number of aromatic nitrogens is 1.